The average molecular weight is 488 g/mol. The molecule has 7 rings (SSSR count). The lowest BCUT2D eigenvalue weighted by molar-refractivity contribution is -0.148. The second-order valence-corrected chi connectivity index (χ2v) is 14.8. The second kappa shape index (κ2) is 7.27. The van der Waals surface area contributed by atoms with Crippen molar-refractivity contribution in [2.45, 2.75) is 109 Å². The van der Waals surface area contributed by atoms with Crippen molar-refractivity contribution in [1.82, 2.24) is 4.90 Å². The van der Waals surface area contributed by atoms with Gasteiger partial charge in [-0.2, -0.15) is 0 Å². The van der Waals surface area contributed by atoms with Crippen LogP contribution in [0.3, 0.4) is 0 Å². The minimum Gasteiger partial charge on any atom is -0.393 e. The van der Waals surface area contributed by atoms with Gasteiger partial charge in [-0.1, -0.05) is 39.3 Å². The van der Waals surface area contributed by atoms with Gasteiger partial charge in [-0.3, -0.25) is 4.90 Å². The van der Waals surface area contributed by atoms with Gasteiger partial charge in [0, 0.05) is 36.3 Å². The SMILES string of the molecule is CC1C[C@H]2O[C@]3(CC[C@H]4C5CC=C6CC(O)CCC6(C)[C@H]5CC45C[C@]53C)[C@H](C)C2N(CCCl)C1. The summed E-state index contributed by atoms with van der Waals surface area (Å²) in [6.45, 7) is 12.4. The van der Waals surface area contributed by atoms with Crippen molar-refractivity contribution >= 4 is 11.6 Å². The first-order valence-corrected chi connectivity index (χ1v) is 15.1. The summed E-state index contributed by atoms with van der Waals surface area (Å²) >= 11 is 6.28. The Morgan fingerprint density at radius 2 is 2.00 bits per heavy atom. The highest BCUT2D eigenvalue weighted by Crippen LogP contribution is 2.87. The van der Waals surface area contributed by atoms with Crippen LogP contribution in [-0.2, 0) is 4.74 Å². The van der Waals surface area contributed by atoms with Crippen molar-refractivity contribution in [2.24, 2.45) is 45.8 Å². The Labute approximate surface area is 212 Å². The first kappa shape index (κ1) is 23.1. The van der Waals surface area contributed by atoms with Crippen LogP contribution >= 0.6 is 11.6 Å². The van der Waals surface area contributed by atoms with Gasteiger partial charge in [-0.15, -0.1) is 11.6 Å². The van der Waals surface area contributed by atoms with Crippen LogP contribution in [0, 0.1) is 45.8 Å². The molecule has 2 heterocycles. The number of piperidine rings is 1. The molecule has 0 aromatic rings. The summed E-state index contributed by atoms with van der Waals surface area (Å²) in [5.74, 6) is 4.57. The van der Waals surface area contributed by atoms with E-state index in [4.69, 9.17) is 16.3 Å². The van der Waals surface area contributed by atoms with Gasteiger partial charge in [-0.05, 0) is 92.3 Å². The number of allylic oxidation sites excluding steroid dienone is 1. The lowest BCUT2D eigenvalue weighted by Crippen LogP contribution is -2.54. The summed E-state index contributed by atoms with van der Waals surface area (Å²) in [6, 6.07) is 0.551. The Hall–Kier alpha value is -0.0900. The molecule has 4 saturated carbocycles. The number of alkyl halides is 1. The van der Waals surface area contributed by atoms with Gasteiger partial charge in [-0.25, -0.2) is 0 Å². The zero-order chi connectivity index (χ0) is 23.7. The van der Waals surface area contributed by atoms with Crippen LogP contribution in [0.5, 0.6) is 0 Å². The second-order valence-electron chi connectivity index (χ2n) is 14.4. The zero-order valence-corrected chi connectivity index (χ0v) is 22.6. The predicted octanol–water partition coefficient (Wildman–Crippen LogP) is 6.03. The Bertz CT molecular complexity index is 906. The minimum atomic E-state index is -0.110. The topological polar surface area (TPSA) is 32.7 Å². The van der Waals surface area contributed by atoms with E-state index in [9.17, 15) is 5.11 Å². The van der Waals surface area contributed by atoms with Crippen molar-refractivity contribution in [2.75, 3.05) is 19.0 Å². The van der Waals surface area contributed by atoms with Gasteiger partial charge in [0.05, 0.1) is 17.8 Å². The largest absolute Gasteiger partial charge is 0.393 e. The Kier molecular flexibility index (Phi) is 4.93. The molecule has 6 fully saturated rings. The molecule has 34 heavy (non-hydrogen) atoms. The van der Waals surface area contributed by atoms with E-state index in [1.165, 1.54) is 51.5 Å². The van der Waals surface area contributed by atoms with Crippen molar-refractivity contribution in [3.05, 3.63) is 11.6 Å². The number of halogens is 1. The number of hydrogen-bond acceptors (Lipinski definition) is 3. The number of rotatable bonds is 2. The Morgan fingerprint density at radius 3 is 2.79 bits per heavy atom. The molecule has 0 aromatic heterocycles. The van der Waals surface area contributed by atoms with Gasteiger partial charge in [0.2, 0.25) is 0 Å². The summed E-state index contributed by atoms with van der Waals surface area (Å²) in [5, 5.41) is 10.4. The van der Waals surface area contributed by atoms with Crippen molar-refractivity contribution in [1.29, 1.82) is 0 Å². The lowest BCUT2D eigenvalue weighted by Gasteiger charge is -2.50. The monoisotopic (exact) mass is 487 g/mol. The Morgan fingerprint density at radius 1 is 1.18 bits per heavy atom. The fourth-order valence-corrected chi connectivity index (χ4v) is 12.0. The predicted molar refractivity (Wildman–Crippen MR) is 137 cm³/mol. The third-order valence-electron chi connectivity index (χ3n) is 13.3. The third kappa shape index (κ3) is 2.62. The van der Waals surface area contributed by atoms with Crippen molar-refractivity contribution in [3.8, 4) is 0 Å². The van der Waals surface area contributed by atoms with E-state index >= 15 is 0 Å². The molecule has 4 heteroatoms. The van der Waals surface area contributed by atoms with Crippen LogP contribution in [0.1, 0.15) is 85.5 Å². The zero-order valence-electron chi connectivity index (χ0n) is 21.9. The molecule has 6 unspecified atom stereocenters. The van der Waals surface area contributed by atoms with E-state index in [0.29, 0.717) is 40.2 Å². The summed E-state index contributed by atoms with van der Waals surface area (Å²) in [6.07, 6.45) is 13.9. The van der Waals surface area contributed by atoms with E-state index in [1.807, 2.05) is 0 Å². The number of hydrogen-bond donors (Lipinski definition) is 1. The number of fused-ring (bicyclic) bond motifs is 6. The summed E-state index contributed by atoms with van der Waals surface area (Å²) in [7, 11) is 0. The molecule has 190 valence electrons. The van der Waals surface area contributed by atoms with Gasteiger partial charge >= 0.3 is 0 Å². The minimum absolute atomic E-state index is 0.0564. The van der Waals surface area contributed by atoms with E-state index < -0.39 is 0 Å². The van der Waals surface area contributed by atoms with Crippen LogP contribution < -0.4 is 0 Å². The highest BCUT2D eigenvalue weighted by atomic mass is 35.5. The first-order chi connectivity index (χ1) is 16.2. The van der Waals surface area contributed by atoms with Crippen LogP contribution in [0.15, 0.2) is 11.6 Å². The highest BCUT2D eigenvalue weighted by Gasteiger charge is 2.84. The molecule has 7 aliphatic rings. The van der Waals surface area contributed by atoms with Crippen LogP contribution in [-0.4, -0.2) is 52.8 Å². The molecule has 5 aliphatic carbocycles. The van der Waals surface area contributed by atoms with Crippen molar-refractivity contribution < 1.29 is 9.84 Å². The molecule has 2 aliphatic heterocycles. The summed E-state index contributed by atoms with van der Waals surface area (Å²) in [4.78, 5) is 2.70. The highest BCUT2D eigenvalue weighted by molar-refractivity contribution is 6.18. The van der Waals surface area contributed by atoms with Crippen molar-refractivity contribution in [3.63, 3.8) is 0 Å². The van der Waals surface area contributed by atoms with Gasteiger partial charge < -0.3 is 9.84 Å². The van der Waals surface area contributed by atoms with Crippen LogP contribution in [0.25, 0.3) is 0 Å². The average Bonchev–Trinajstić information content (AvgIpc) is 3.13. The lowest BCUT2D eigenvalue weighted by atomic mass is 9.56. The standard InChI is InChI=1S/C30H46ClNO2/c1-18-13-25-26(32(16-18)12-11-31)19(2)30(34-25)10-8-23-22-6-5-20-14-21(33)7-9-27(20,3)24(22)15-29(23)17-28(29,30)4/h5,18-19,21-26,33H,6-17H2,1-4H3/t18?,19-,21?,22?,23+,24+,25-,26?,27?,28-,29?,30-/m1/s1. The number of ether oxygens (including phenoxy) is 1. The van der Waals surface area contributed by atoms with Crippen LogP contribution in [0.4, 0.5) is 0 Å². The molecular weight excluding hydrogens is 442 g/mol. The molecule has 12 atom stereocenters. The fourth-order valence-electron chi connectivity index (χ4n) is 11.8. The molecular formula is C30H46ClNO2. The van der Waals surface area contributed by atoms with E-state index in [2.05, 4.69) is 38.7 Å². The molecule has 1 N–H and O–H groups in total. The number of aliphatic hydroxyl groups is 1. The maximum atomic E-state index is 10.4. The summed E-state index contributed by atoms with van der Waals surface area (Å²) in [5.41, 5.74) is 2.81. The maximum Gasteiger partial charge on any atom is 0.0787 e. The third-order valence-corrected chi connectivity index (χ3v) is 13.5. The smallest absolute Gasteiger partial charge is 0.0787 e. The molecule has 2 spiro atoms. The van der Waals surface area contributed by atoms with Gasteiger partial charge in [0.25, 0.3) is 0 Å². The molecule has 2 saturated heterocycles. The quantitative estimate of drug-likeness (QED) is 0.381. The van der Waals surface area contributed by atoms with E-state index in [0.717, 1.165) is 43.0 Å². The van der Waals surface area contributed by atoms with Crippen LogP contribution in [0.2, 0.25) is 0 Å². The van der Waals surface area contributed by atoms with Gasteiger partial charge in [0.1, 0.15) is 0 Å². The van der Waals surface area contributed by atoms with Gasteiger partial charge in [0.15, 0.2) is 0 Å². The fraction of sp³-hybridized carbons (Fsp3) is 0.933. The number of likely N-dealkylation sites (tertiary alicyclic amines) is 1. The maximum absolute atomic E-state index is 10.4. The first-order valence-electron chi connectivity index (χ1n) is 14.5. The molecule has 3 nitrogen and oxygen atoms in total. The summed E-state index contributed by atoms with van der Waals surface area (Å²) < 4.78 is 7.38. The molecule has 0 aromatic carbocycles. The number of nitrogens with zero attached hydrogens (tertiary/aromatic N) is 1. The Balaban J connectivity index is 1.21. The molecule has 0 bridgehead atoms. The normalized spacial score (nSPS) is 60.1. The number of aliphatic hydroxyl groups excluding tert-OH is 1. The van der Waals surface area contributed by atoms with E-state index in [1.54, 1.807) is 5.57 Å². The van der Waals surface area contributed by atoms with E-state index in [-0.39, 0.29) is 11.7 Å². The molecule has 0 amide bonds. The molecule has 0 radical (unpaired) electrons.